The molecule has 7 nitrogen and oxygen atoms in total. The molecule has 0 radical (unpaired) electrons. The van der Waals surface area contributed by atoms with Crippen molar-refractivity contribution in [3.8, 4) is 11.1 Å². The Kier molecular flexibility index (Phi) is 7.19. The van der Waals surface area contributed by atoms with Crippen LogP contribution in [-0.4, -0.2) is 58.4 Å². The summed E-state index contributed by atoms with van der Waals surface area (Å²) in [6.07, 6.45) is 0.383. The van der Waals surface area contributed by atoms with Crippen LogP contribution in [0.15, 0.2) is 88.8 Å². The summed E-state index contributed by atoms with van der Waals surface area (Å²) in [5.74, 6) is -0.207. The number of pyridine rings is 1. The van der Waals surface area contributed by atoms with E-state index < -0.39 is 0 Å². The molecule has 1 aliphatic rings. The average Bonchev–Trinajstić information content (AvgIpc) is 3.34. The fraction of sp³-hybridized carbons (Fsp3) is 0.207. The lowest BCUT2D eigenvalue weighted by atomic mass is 9.91. The van der Waals surface area contributed by atoms with Crippen molar-refractivity contribution in [3.05, 3.63) is 105 Å². The molecular formula is C29H27ClN4O3. The number of aliphatic hydroxyl groups is 1. The van der Waals surface area contributed by atoms with E-state index in [0.717, 1.165) is 22.1 Å². The highest BCUT2D eigenvalue weighted by atomic mass is 35.5. The van der Waals surface area contributed by atoms with Crippen LogP contribution in [0.2, 0.25) is 5.02 Å². The van der Waals surface area contributed by atoms with E-state index in [2.05, 4.69) is 4.98 Å². The SMILES string of the molecule is CN(CCO)CC(=O)N1N=C(c2c(-c3ccccc3)c3cc(Cl)ccc3[nH]c2=O)CC1c1ccccc1. The van der Waals surface area contributed by atoms with Gasteiger partial charge in [0, 0.05) is 34.5 Å². The fourth-order valence-electron chi connectivity index (χ4n) is 4.82. The number of carbonyl (C=O) groups excluding carboxylic acids is 1. The van der Waals surface area contributed by atoms with E-state index in [-0.39, 0.29) is 30.7 Å². The van der Waals surface area contributed by atoms with Crippen molar-refractivity contribution in [2.75, 3.05) is 26.7 Å². The number of hydrazone groups is 1. The number of aromatic amines is 1. The molecule has 1 amide bonds. The Morgan fingerprint density at radius 1 is 1.08 bits per heavy atom. The molecule has 2 N–H and O–H groups in total. The van der Waals surface area contributed by atoms with Crippen molar-refractivity contribution in [1.29, 1.82) is 0 Å². The van der Waals surface area contributed by atoms with Gasteiger partial charge in [0.2, 0.25) is 0 Å². The highest BCUT2D eigenvalue weighted by Gasteiger charge is 2.35. The van der Waals surface area contributed by atoms with Crippen LogP contribution in [0.25, 0.3) is 22.0 Å². The molecule has 188 valence electrons. The lowest BCUT2D eigenvalue weighted by Gasteiger charge is -2.24. The van der Waals surface area contributed by atoms with Crippen molar-refractivity contribution < 1.29 is 9.90 Å². The second-order valence-electron chi connectivity index (χ2n) is 9.14. The van der Waals surface area contributed by atoms with Gasteiger partial charge in [-0.3, -0.25) is 14.5 Å². The number of aliphatic hydroxyl groups excluding tert-OH is 1. The Balaban J connectivity index is 1.68. The number of fused-ring (bicyclic) bond motifs is 1. The van der Waals surface area contributed by atoms with Gasteiger partial charge in [-0.1, -0.05) is 72.3 Å². The number of likely N-dealkylation sites (N-methyl/N-ethyl adjacent to an activating group) is 1. The number of hydrogen-bond donors (Lipinski definition) is 2. The molecule has 0 fully saturated rings. The Hall–Kier alpha value is -3.78. The molecule has 4 aromatic rings. The zero-order chi connectivity index (χ0) is 25.9. The van der Waals surface area contributed by atoms with E-state index in [1.165, 1.54) is 5.01 Å². The number of benzene rings is 3. The lowest BCUT2D eigenvalue weighted by molar-refractivity contribution is -0.134. The Morgan fingerprint density at radius 2 is 1.78 bits per heavy atom. The van der Waals surface area contributed by atoms with Crippen molar-refractivity contribution in [3.63, 3.8) is 0 Å². The maximum Gasteiger partial charge on any atom is 0.258 e. The summed E-state index contributed by atoms with van der Waals surface area (Å²) in [5, 5.41) is 16.9. The molecule has 2 heterocycles. The molecule has 5 rings (SSSR count). The van der Waals surface area contributed by atoms with Gasteiger partial charge in [0.25, 0.3) is 11.5 Å². The van der Waals surface area contributed by atoms with Crippen molar-refractivity contribution in [2.24, 2.45) is 5.10 Å². The van der Waals surface area contributed by atoms with Gasteiger partial charge < -0.3 is 10.1 Å². The van der Waals surface area contributed by atoms with Crippen LogP contribution in [0.1, 0.15) is 23.6 Å². The first-order chi connectivity index (χ1) is 18.0. The van der Waals surface area contributed by atoms with E-state index in [9.17, 15) is 14.7 Å². The zero-order valence-electron chi connectivity index (χ0n) is 20.4. The molecular weight excluding hydrogens is 488 g/mol. The molecule has 0 saturated heterocycles. The number of nitrogens with zero attached hydrogens (tertiary/aromatic N) is 3. The number of rotatable bonds is 7. The summed E-state index contributed by atoms with van der Waals surface area (Å²) < 4.78 is 0. The van der Waals surface area contributed by atoms with Gasteiger partial charge in [-0.05, 0) is 36.4 Å². The second kappa shape index (κ2) is 10.7. The van der Waals surface area contributed by atoms with Gasteiger partial charge in [-0.25, -0.2) is 5.01 Å². The minimum absolute atomic E-state index is 0.0458. The number of H-pyrrole nitrogens is 1. The van der Waals surface area contributed by atoms with Gasteiger partial charge >= 0.3 is 0 Å². The van der Waals surface area contributed by atoms with Crippen molar-refractivity contribution in [2.45, 2.75) is 12.5 Å². The summed E-state index contributed by atoms with van der Waals surface area (Å²) >= 11 is 6.37. The molecule has 1 aromatic heterocycles. The molecule has 1 aliphatic heterocycles. The Morgan fingerprint density at radius 3 is 2.49 bits per heavy atom. The molecule has 8 heteroatoms. The first-order valence-corrected chi connectivity index (χ1v) is 12.5. The minimum Gasteiger partial charge on any atom is -0.395 e. The van der Waals surface area contributed by atoms with Gasteiger partial charge in [-0.2, -0.15) is 5.10 Å². The third-order valence-electron chi connectivity index (χ3n) is 6.56. The monoisotopic (exact) mass is 514 g/mol. The van der Waals surface area contributed by atoms with Crippen molar-refractivity contribution in [1.82, 2.24) is 14.9 Å². The van der Waals surface area contributed by atoms with E-state index in [4.69, 9.17) is 16.7 Å². The molecule has 1 unspecified atom stereocenters. The topological polar surface area (TPSA) is 89.0 Å². The molecule has 0 saturated carbocycles. The van der Waals surface area contributed by atoms with Gasteiger partial charge in [0.15, 0.2) is 0 Å². The summed E-state index contributed by atoms with van der Waals surface area (Å²) in [7, 11) is 1.78. The predicted molar refractivity (Wildman–Crippen MR) is 147 cm³/mol. The molecule has 3 aromatic carbocycles. The summed E-state index contributed by atoms with van der Waals surface area (Å²) in [6, 6.07) is 24.4. The largest absolute Gasteiger partial charge is 0.395 e. The van der Waals surface area contributed by atoms with E-state index in [1.807, 2.05) is 66.7 Å². The van der Waals surface area contributed by atoms with Crippen LogP contribution in [0.5, 0.6) is 0 Å². The molecule has 0 spiro atoms. The Bertz CT molecular complexity index is 1520. The van der Waals surface area contributed by atoms with Crippen LogP contribution in [0.3, 0.4) is 0 Å². The number of aromatic nitrogens is 1. The quantitative estimate of drug-likeness (QED) is 0.381. The first kappa shape index (κ1) is 24.9. The van der Waals surface area contributed by atoms with Crippen LogP contribution < -0.4 is 5.56 Å². The Labute approximate surface area is 219 Å². The number of nitrogens with one attached hydrogen (secondary N) is 1. The molecule has 1 atom stereocenters. The van der Waals surface area contributed by atoms with Gasteiger partial charge in [0.05, 0.1) is 30.5 Å². The van der Waals surface area contributed by atoms with Crippen molar-refractivity contribution >= 4 is 34.1 Å². The smallest absolute Gasteiger partial charge is 0.258 e. The van der Waals surface area contributed by atoms with Crippen LogP contribution >= 0.6 is 11.6 Å². The number of hydrogen-bond acceptors (Lipinski definition) is 5. The summed E-state index contributed by atoms with van der Waals surface area (Å²) in [5.41, 5.74) is 3.90. The lowest BCUT2D eigenvalue weighted by Crippen LogP contribution is -2.37. The second-order valence-corrected chi connectivity index (χ2v) is 9.57. The third-order valence-corrected chi connectivity index (χ3v) is 6.80. The van der Waals surface area contributed by atoms with Crippen LogP contribution in [-0.2, 0) is 4.79 Å². The third kappa shape index (κ3) is 5.06. The highest BCUT2D eigenvalue weighted by Crippen LogP contribution is 2.37. The normalized spacial score (nSPS) is 15.4. The van der Waals surface area contributed by atoms with Crippen LogP contribution in [0, 0.1) is 0 Å². The van der Waals surface area contributed by atoms with Gasteiger partial charge in [0.1, 0.15) is 0 Å². The molecule has 37 heavy (non-hydrogen) atoms. The standard InChI is InChI=1S/C29H27ClN4O3/c1-33(14-15-35)18-26(36)34-25(19-8-4-2-5-9-19)17-24(32-34)28-27(20-10-6-3-7-11-20)22-16-21(30)12-13-23(22)31-29(28)37/h2-13,16,25,35H,14-15,17-18H2,1H3,(H,31,37). The number of carbonyl (C=O) groups is 1. The summed E-state index contributed by atoms with van der Waals surface area (Å²) in [4.78, 5) is 31.7. The maximum absolute atomic E-state index is 13.6. The fourth-order valence-corrected chi connectivity index (χ4v) is 5.00. The van der Waals surface area contributed by atoms with E-state index >= 15 is 0 Å². The predicted octanol–water partition coefficient (Wildman–Crippen LogP) is 4.45. The number of halogens is 1. The van der Waals surface area contributed by atoms with E-state index in [0.29, 0.717) is 34.8 Å². The minimum atomic E-state index is -0.357. The van der Waals surface area contributed by atoms with Crippen LogP contribution in [0.4, 0.5) is 0 Å². The maximum atomic E-state index is 13.6. The average molecular weight is 515 g/mol. The number of amides is 1. The molecule has 0 bridgehead atoms. The zero-order valence-corrected chi connectivity index (χ0v) is 21.2. The highest BCUT2D eigenvalue weighted by molar-refractivity contribution is 6.31. The van der Waals surface area contributed by atoms with Gasteiger partial charge in [-0.15, -0.1) is 0 Å². The summed E-state index contributed by atoms with van der Waals surface area (Å²) in [6.45, 7) is 0.418. The molecule has 0 aliphatic carbocycles. The first-order valence-electron chi connectivity index (χ1n) is 12.1. The van der Waals surface area contributed by atoms with E-state index in [1.54, 1.807) is 24.1 Å².